The topological polar surface area (TPSA) is 72.7 Å². The summed E-state index contributed by atoms with van der Waals surface area (Å²) in [6.45, 7) is 4.22. The Labute approximate surface area is 137 Å². The number of thiophene rings is 1. The summed E-state index contributed by atoms with van der Waals surface area (Å²) in [4.78, 5) is 21.9. The highest BCUT2D eigenvalue weighted by atomic mass is 32.1. The van der Waals surface area contributed by atoms with Crippen LogP contribution in [0.25, 0.3) is 22.1 Å². The molecule has 0 aromatic carbocycles. The van der Waals surface area contributed by atoms with Gasteiger partial charge >= 0.3 is 0 Å². The van der Waals surface area contributed by atoms with Gasteiger partial charge in [-0.2, -0.15) is 5.10 Å². The number of hydrogen-bond donors (Lipinski definition) is 1. The quantitative estimate of drug-likeness (QED) is 0.799. The Hall–Kier alpha value is -2.54. The molecule has 1 amide bonds. The van der Waals surface area contributed by atoms with E-state index in [1.165, 1.54) is 11.3 Å². The van der Waals surface area contributed by atoms with Crippen molar-refractivity contribution in [2.24, 2.45) is 5.92 Å². The zero-order valence-corrected chi connectivity index (χ0v) is 14.0. The molecule has 1 N–H and O–H groups in total. The van der Waals surface area contributed by atoms with Crippen molar-refractivity contribution in [3.05, 3.63) is 41.3 Å². The average Bonchev–Trinajstić information content (AvgIpc) is 3.12. The van der Waals surface area contributed by atoms with Crippen LogP contribution in [0.1, 0.15) is 29.2 Å². The van der Waals surface area contributed by atoms with Gasteiger partial charge in [0.05, 0.1) is 16.8 Å². The highest BCUT2D eigenvalue weighted by molar-refractivity contribution is 7.20. The van der Waals surface area contributed by atoms with Gasteiger partial charge < -0.3 is 5.32 Å². The third kappa shape index (κ3) is 3.00. The average molecular weight is 327 g/mol. The number of carbonyl (C=O) groups excluding carboxylic acids is 1. The lowest BCUT2D eigenvalue weighted by molar-refractivity contribution is 0.0967. The van der Waals surface area contributed by atoms with Crippen LogP contribution in [-0.4, -0.2) is 32.7 Å². The van der Waals surface area contributed by atoms with Crippen LogP contribution in [0.5, 0.6) is 0 Å². The van der Waals surface area contributed by atoms with Gasteiger partial charge in [0.15, 0.2) is 5.82 Å². The standard InChI is InChI=1S/C16H17N5OS/c1-10(2)4-5-12-11-8-13(15(22)17-3)23-16(11)21(20-12)14-9-18-6-7-19-14/h4-10H,1-3H3,(H,17,22). The minimum absolute atomic E-state index is 0.101. The summed E-state index contributed by atoms with van der Waals surface area (Å²) in [5.41, 5.74) is 0.825. The summed E-state index contributed by atoms with van der Waals surface area (Å²) in [6, 6.07) is 1.87. The van der Waals surface area contributed by atoms with Gasteiger partial charge in [-0.25, -0.2) is 9.67 Å². The lowest BCUT2D eigenvalue weighted by Crippen LogP contribution is -2.16. The summed E-state index contributed by atoms with van der Waals surface area (Å²) in [5, 5.41) is 8.22. The molecular weight excluding hydrogens is 310 g/mol. The summed E-state index contributed by atoms with van der Waals surface area (Å²) < 4.78 is 1.74. The number of nitrogens with zero attached hydrogens (tertiary/aromatic N) is 4. The fourth-order valence-electron chi connectivity index (χ4n) is 2.13. The molecule has 3 rings (SSSR count). The maximum atomic E-state index is 11.9. The monoisotopic (exact) mass is 327 g/mol. The Morgan fingerprint density at radius 2 is 2.22 bits per heavy atom. The molecule has 0 unspecified atom stereocenters. The minimum Gasteiger partial charge on any atom is -0.354 e. The van der Waals surface area contributed by atoms with Gasteiger partial charge in [0.1, 0.15) is 4.83 Å². The van der Waals surface area contributed by atoms with Gasteiger partial charge in [-0.05, 0) is 18.1 Å². The van der Waals surface area contributed by atoms with Crippen LogP contribution < -0.4 is 5.32 Å². The highest BCUT2D eigenvalue weighted by Gasteiger charge is 2.17. The molecule has 3 aromatic rings. The van der Waals surface area contributed by atoms with E-state index in [0.29, 0.717) is 16.6 Å². The number of amides is 1. The maximum absolute atomic E-state index is 11.9. The van der Waals surface area contributed by atoms with E-state index in [1.807, 2.05) is 12.1 Å². The van der Waals surface area contributed by atoms with Crippen LogP contribution in [0.15, 0.2) is 30.7 Å². The van der Waals surface area contributed by atoms with E-state index in [-0.39, 0.29) is 5.91 Å². The Kier molecular flexibility index (Phi) is 4.20. The lowest BCUT2D eigenvalue weighted by atomic mass is 10.2. The molecule has 118 valence electrons. The molecule has 3 aromatic heterocycles. The largest absolute Gasteiger partial charge is 0.354 e. The molecular formula is C16H17N5OS. The van der Waals surface area contributed by atoms with Gasteiger partial charge in [-0.15, -0.1) is 11.3 Å². The van der Waals surface area contributed by atoms with E-state index in [0.717, 1.165) is 15.9 Å². The first-order chi connectivity index (χ1) is 11.1. The van der Waals surface area contributed by atoms with Crippen molar-refractivity contribution < 1.29 is 4.79 Å². The van der Waals surface area contributed by atoms with Crippen molar-refractivity contribution in [2.75, 3.05) is 7.05 Å². The number of aromatic nitrogens is 4. The van der Waals surface area contributed by atoms with E-state index >= 15 is 0 Å². The summed E-state index contributed by atoms with van der Waals surface area (Å²) in [5.74, 6) is 0.950. The second-order valence-corrected chi connectivity index (χ2v) is 6.40. The predicted octanol–water partition coefficient (Wildman–Crippen LogP) is 2.91. The molecule has 23 heavy (non-hydrogen) atoms. The molecule has 7 heteroatoms. The summed E-state index contributed by atoms with van der Waals surface area (Å²) >= 11 is 1.39. The molecule has 0 radical (unpaired) electrons. The Morgan fingerprint density at radius 3 is 2.87 bits per heavy atom. The normalized spacial score (nSPS) is 11.7. The molecule has 0 bridgehead atoms. The van der Waals surface area contributed by atoms with Gasteiger partial charge in [-0.3, -0.25) is 9.78 Å². The maximum Gasteiger partial charge on any atom is 0.261 e. The van der Waals surface area contributed by atoms with Gasteiger partial charge in [0, 0.05) is 24.8 Å². The molecule has 3 heterocycles. The Bertz CT molecular complexity index is 863. The van der Waals surface area contributed by atoms with Crippen LogP contribution in [0.3, 0.4) is 0 Å². The van der Waals surface area contributed by atoms with Crippen molar-refractivity contribution in [3.8, 4) is 5.82 Å². The number of fused-ring (bicyclic) bond motifs is 1. The zero-order chi connectivity index (χ0) is 16.4. The third-order valence-corrected chi connectivity index (χ3v) is 4.35. The van der Waals surface area contributed by atoms with Gasteiger partial charge in [0.25, 0.3) is 5.91 Å². The molecule has 0 saturated heterocycles. The summed E-state index contributed by atoms with van der Waals surface area (Å²) in [6.07, 6.45) is 8.97. The highest BCUT2D eigenvalue weighted by Crippen LogP contribution is 2.31. The van der Waals surface area contributed by atoms with Crippen LogP contribution in [0.4, 0.5) is 0 Å². The number of hydrogen-bond acceptors (Lipinski definition) is 5. The fourth-order valence-corrected chi connectivity index (χ4v) is 3.20. The molecule has 0 aliphatic heterocycles. The molecule has 0 aliphatic rings. The van der Waals surface area contributed by atoms with E-state index in [2.05, 4.69) is 40.3 Å². The van der Waals surface area contributed by atoms with Crippen molar-refractivity contribution in [1.82, 2.24) is 25.1 Å². The lowest BCUT2D eigenvalue weighted by Gasteiger charge is -1.99. The third-order valence-electron chi connectivity index (χ3n) is 3.24. The number of nitrogens with one attached hydrogen (secondary N) is 1. The molecule has 6 nitrogen and oxygen atoms in total. The molecule has 0 spiro atoms. The fraction of sp³-hybridized carbons (Fsp3) is 0.250. The second kappa shape index (κ2) is 6.29. The number of carbonyl (C=O) groups is 1. The minimum atomic E-state index is -0.101. The Balaban J connectivity index is 2.19. The van der Waals surface area contributed by atoms with Gasteiger partial charge in [-0.1, -0.05) is 19.9 Å². The first kappa shape index (κ1) is 15.4. The van der Waals surface area contributed by atoms with E-state index in [1.54, 1.807) is 30.3 Å². The first-order valence-corrected chi connectivity index (χ1v) is 8.11. The van der Waals surface area contributed by atoms with Gasteiger partial charge in [0.2, 0.25) is 0 Å². The second-order valence-electron chi connectivity index (χ2n) is 5.37. The van der Waals surface area contributed by atoms with E-state index < -0.39 is 0 Å². The van der Waals surface area contributed by atoms with Crippen molar-refractivity contribution in [1.29, 1.82) is 0 Å². The van der Waals surface area contributed by atoms with Crippen LogP contribution >= 0.6 is 11.3 Å². The van der Waals surface area contributed by atoms with Crippen LogP contribution in [-0.2, 0) is 0 Å². The van der Waals surface area contributed by atoms with Crippen molar-refractivity contribution >= 4 is 33.5 Å². The number of allylic oxidation sites excluding steroid dienone is 1. The smallest absolute Gasteiger partial charge is 0.261 e. The predicted molar refractivity (Wildman–Crippen MR) is 91.8 cm³/mol. The molecule has 0 saturated carbocycles. The molecule has 0 aliphatic carbocycles. The Morgan fingerprint density at radius 1 is 1.39 bits per heavy atom. The first-order valence-electron chi connectivity index (χ1n) is 7.29. The van der Waals surface area contributed by atoms with E-state index in [4.69, 9.17) is 0 Å². The zero-order valence-electron chi connectivity index (χ0n) is 13.1. The molecule has 0 fully saturated rings. The SMILES string of the molecule is CNC(=O)c1cc2c(C=CC(C)C)nn(-c3cnccn3)c2s1. The van der Waals surface area contributed by atoms with Crippen molar-refractivity contribution in [3.63, 3.8) is 0 Å². The van der Waals surface area contributed by atoms with Crippen molar-refractivity contribution in [2.45, 2.75) is 13.8 Å². The number of rotatable bonds is 4. The van der Waals surface area contributed by atoms with Crippen LogP contribution in [0, 0.1) is 5.92 Å². The summed E-state index contributed by atoms with van der Waals surface area (Å²) in [7, 11) is 1.63. The van der Waals surface area contributed by atoms with Crippen LogP contribution in [0.2, 0.25) is 0 Å². The van der Waals surface area contributed by atoms with E-state index in [9.17, 15) is 4.79 Å². The molecule has 0 atom stereocenters.